The highest BCUT2D eigenvalue weighted by Crippen LogP contribution is 2.22. The van der Waals surface area contributed by atoms with Crippen molar-refractivity contribution in [2.75, 3.05) is 19.7 Å². The molecule has 1 amide bonds. The molecule has 2 rings (SSSR count). The number of nitrogens with two attached hydrogens (primary N) is 1. The average molecular weight is 283 g/mol. The van der Waals surface area contributed by atoms with Crippen LogP contribution >= 0.6 is 11.3 Å². The van der Waals surface area contributed by atoms with E-state index in [0.29, 0.717) is 11.6 Å². The van der Waals surface area contributed by atoms with Crippen LogP contribution in [0.15, 0.2) is 5.38 Å². The van der Waals surface area contributed by atoms with Crippen LogP contribution in [0.5, 0.6) is 0 Å². The number of aliphatic hydroxyl groups is 1. The van der Waals surface area contributed by atoms with Crippen molar-refractivity contribution in [1.29, 1.82) is 0 Å². The van der Waals surface area contributed by atoms with Gasteiger partial charge in [0.15, 0.2) is 0 Å². The van der Waals surface area contributed by atoms with Gasteiger partial charge in [-0.15, -0.1) is 11.3 Å². The number of carbonyl (C=O) groups excluding carboxylic acids is 1. The molecule has 0 saturated carbocycles. The molecule has 0 spiro atoms. The van der Waals surface area contributed by atoms with Gasteiger partial charge >= 0.3 is 0 Å². The van der Waals surface area contributed by atoms with Crippen molar-refractivity contribution < 1.29 is 9.90 Å². The fourth-order valence-corrected chi connectivity index (χ4v) is 3.18. The van der Waals surface area contributed by atoms with Crippen LogP contribution < -0.4 is 5.73 Å². The lowest BCUT2D eigenvalue weighted by molar-refractivity contribution is 0.0648. The largest absolute Gasteiger partial charge is 0.396 e. The van der Waals surface area contributed by atoms with Crippen LogP contribution in [0.25, 0.3) is 0 Å². The third kappa shape index (κ3) is 3.52. The van der Waals surface area contributed by atoms with Gasteiger partial charge in [0.25, 0.3) is 5.91 Å². The molecule has 1 fully saturated rings. The zero-order valence-corrected chi connectivity index (χ0v) is 12.0. The molecule has 1 aromatic heterocycles. The van der Waals surface area contributed by atoms with Gasteiger partial charge in [-0.2, -0.15) is 0 Å². The molecular weight excluding hydrogens is 262 g/mol. The molecule has 6 heteroatoms. The Morgan fingerprint density at radius 3 is 3.16 bits per heavy atom. The summed E-state index contributed by atoms with van der Waals surface area (Å²) in [6, 6.07) is -0.130. The van der Waals surface area contributed by atoms with E-state index in [-0.39, 0.29) is 18.6 Å². The number of thiazole rings is 1. The Kier molecular flexibility index (Phi) is 4.90. The van der Waals surface area contributed by atoms with E-state index in [0.717, 1.165) is 37.4 Å². The smallest absolute Gasteiger partial charge is 0.273 e. The summed E-state index contributed by atoms with van der Waals surface area (Å²) in [7, 11) is 0. The zero-order valence-electron chi connectivity index (χ0n) is 11.2. The maximum atomic E-state index is 12.4. The van der Waals surface area contributed by atoms with Crippen molar-refractivity contribution in [3.8, 4) is 0 Å². The lowest BCUT2D eigenvalue weighted by Gasteiger charge is -2.32. The number of amides is 1. The minimum absolute atomic E-state index is 0.00853. The molecule has 0 aromatic carbocycles. The quantitative estimate of drug-likeness (QED) is 0.875. The van der Waals surface area contributed by atoms with E-state index in [2.05, 4.69) is 4.98 Å². The van der Waals surface area contributed by atoms with Crippen molar-refractivity contribution in [3.05, 3.63) is 16.1 Å². The maximum absolute atomic E-state index is 12.4. The Labute approximate surface area is 117 Å². The monoisotopic (exact) mass is 283 g/mol. The minimum atomic E-state index is -0.130. The van der Waals surface area contributed by atoms with Crippen molar-refractivity contribution in [2.24, 2.45) is 11.7 Å². The van der Waals surface area contributed by atoms with Gasteiger partial charge < -0.3 is 15.7 Å². The van der Waals surface area contributed by atoms with E-state index >= 15 is 0 Å². The fraction of sp³-hybridized carbons (Fsp3) is 0.692. The lowest BCUT2D eigenvalue weighted by Crippen LogP contribution is -2.40. The summed E-state index contributed by atoms with van der Waals surface area (Å²) >= 11 is 1.44. The van der Waals surface area contributed by atoms with Crippen molar-refractivity contribution in [3.63, 3.8) is 0 Å². The first-order valence-electron chi connectivity index (χ1n) is 6.73. The molecule has 2 unspecified atom stereocenters. The van der Waals surface area contributed by atoms with E-state index < -0.39 is 0 Å². The van der Waals surface area contributed by atoms with Gasteiger partial charge in [0.1, 0.15) is 10.7 Å². The highest BCUT2D eigenvalue weighted by atomic mass is 32.1. The molecule has 0 bridgehead atoms. The van der Waals surface area contributed by atoms with Gasteiger partial charge in [0, 0.05) is 25.1 Å². The molecule has 0 aliphatic carbocycles. The second kappa shape index (κ2) is 6.45. The van der Waals surface area contributed by atoms with Gasteiger partial charge in [-0.1, -0.05) is 0 Å². The summed E-state index contributed by atoms with van der Waals surface area (Å²) < 4.78 is 0. The Morgan fingerprint density at radius 1 is 1.74 bits per heavy atom. The molecule has 19 heavy (non-hydrogen) atoms. The molecule has 1 aliphatic heterocycles. The highest BCUT2D eigenvalue weighted by molar-refractivity contribution is 7.09. The van der Waals surface area contributed by atoms with Gasteiger partial charge in [-0.3, -0.25) is 4.79 Å². The van der Waals surface area contributed by atoms with Crippen LogP contribution in [0.2, 0.25) is 0 Å². The lowest BCUT2D eigenvalue weighted by atomic mass is 9.95. The topological polar surface area (TPSA) is 79.5 Å². The van der Waals surface area contributed by atoms with Crippen LogP contribution in [0.3, 0.4) is 0 Å². The van der Waals surface area contributed by atoms with Gasteiger partial charge in [-0.25, -0.2) is 4.98 Å². The fourth-order valence-electron chi connectivity index (χ4n) is 2.42. The molecular formula is C13H21N3O2S. The predicted molar refractivity (Wildman–Crippen MR) is 75.0 cm³/mol. The summed E-state index contributed by atoms with van der Waals surface area (Å²) in [5, 5.41) is 11.6. The Hall–Kier alpha value is -0.980. The normalized spacial score (nSPS) is 21.4. The summed E-state index contributed by atoms with van der Waals surface area (Å²) in [5.41, 5.74) is 6.26. The summed E-state index contributed by atoms with van der Waals surface area (Å²) in [6.07, 6.45) is 2.86. The first-order valence-corrected chi connectivity index (χ1v) is 7.61. The molecule has 1 aliphatic rings. The second-order valence-electron chi connectivity index (χ2n) is 5.13. The van der Waals surface area contributed by atoms with Crippen LogP contribution in [0.1, 0.15) is 47.7 Å². The Morgan fingerprint density at radius 2 is 2.53 bits per heavy atom. The Balaban J connectivity index is 2.01. The summed E-state index contributed by atoms with van der Waals surface area (Å²) in [4.78, 5) is 18.5. The number of aliphatic hydroxyl groups excluding tert-OH is 1. The number of carbonyl (C=O) groups is 1. The maximum Gasteiger partial charge on any atom is 0.273 e. The molecule has 3 N–H and O–H groups in total. The number of hydrogen-bond donors (Lipinski definition) is 2. The third-order valence-electron chi connectivity index (χ3n) is 3.47. The average Bonchev–Trinajstić information content (AvgIpc) is 2.88. The van der Waals surface area contributed by atoms with E-state index in [9.17, 15) is 4.79 Å². The zero-order chi connectivity index (χ0) is 13.8. The van der Waals surface area contributed by atoms with Crippen molar-refractivity contribution >= 4 is 17.2 Å². The molecule has 1 saturated heterocycles. The van der Waals surface area contributed by atoms with Gasteiger partial charge in [-0.05, 0) is 32.1 Å². The number of nitrogens with zero attached hydrogens (tertiary/aromatic N) is 2. The molecule has 1 aromatic rings. The number of likely N-dealkylation sites (tertiary alicyclic amines) is 1. The second-order valence-corrected chi connectivity index (χ2v) is 6.02. The van der Waals surface area contributed by atoms with Crippen LogP contribution in [-0.2, 0) is 0 Å². The van der Waals surface area contributed by atoms with E-state index in [1.807, 2.05) is 11.8 Å². The predicted octanol–water partition coefficient (Wildman–Crippen LogP) is 1.40. The number of rotatable bonds is 4. The minimum Gasteiger partial charge on any atom is -0.396 e. The molecule has 2 atom stereocenters. The third-order valence-corrected chi connectivity index (χ3v) is 4.52. The molecule has 2 heterocycles. The first-order chi connectivity index (χ1) is 9.11. The van der Waals surface area contributed by atoms with Gasteiger partial charge in [0.05, 0.1) is 6.04 Å². The van der Waals surface area contributed by atoms with Gasteiger partial charge in [0.2, 0.25) is 0 Å². The van der Waals surface area contributed by atoms with E-state index in [4.69, 9.17) is 10.8 Å². The van der Waals surface area contributed by atoms with Crippen molar-refractivity contribution in [2.45, 2.75) is 32.2 Å². The van der Waals surface area contributed by atoms with Crippen molar-refractivity contribution in [1.82, 2.24) is 9.88 Å². The Bertz CT molecular complexity index is 431. The summed E-state index contributed by atoms with van der Waals surface area (Å²) in [5.74, 6) is 0.403. The van der Waals surface area contributed by atoms with E-state index in [1.165, 1.54) is 11.3 Å². The highest BCUT2D eigenvalue weighted by Gasteiger charge is 2.25. The van der Waals surface area contributed by atoms with Crippen LogP contribution in [0, 0.1) is 5.92 Å². The molecule has 0 radical (unpaired) electrons. The summed E-state index contributed by atoms with van der Waals surface area (Å²) in [6.45, 7) is 3.57. The number of hydrogen-bond acceptors (Lipinski definition) is 5. The standard InChI is InChI=1S/C13H21N3O2S/c1-9(14)12-15-11(8-19-12)13(18)16-5-2-3-10(7-16)4-6-17/h8-10,17H,2-7,14H2,1H3. The number of piperidine rings is 1. The van der Waals surface area contributed by atoms with Crippen LogP contribution in [-0.4, -0.2) is 40.6 Å². The van der Waals surface area contributed by atoms with Crippen LogP contribution in [0.4, 0.5) is 0 Å². The molecule has 106 valence electrons. The SMILES string of the molecule is CC(N)c1nc(C(=O)N2CCCC(CCO)C2)cs1. The molecule has 5 nitrogen and oxygen atoms in total. The van der Waals surface area contributed by atoms with E-state index in [1.54, 1.807) is 5.38 Å². The number of aromatic nitrogens is 1. The first kappa shape index (κ1) is 14.4.